The average Bonchev–Trinajstić information content (AvgIpc) is 2.05. The Morgan fingerprint density at radius 2 is 2.20 bits per heavy atom. The van der Waals surface area contributed by atoms with Crippen LogP contribution in [0.15, 0.2) is 24.3 Å². The second kappa shape index (κ2) is 2.33. The molecule has 0 bridgehead atoms. The number of nitrogens with zero attached hydrogens (tertiary/aromatic N) is 1. The molecular weight excluding hydrogens is 122 g/mol. The topological polar surface area (TPSA) is 14.1 Å². The Morgan fingerprint density at radius 1 is 1.30 bits per heavy atom. The van der Waals surface area contributed by atoms with Gasteiger partial charge >= 0.3 is 0 Å². The summed E-state index contributed by atoms with van der Waals surface area (Å²) in [5, 5.41) is 4.33. The van der Waals surface area contributed by atoms with Crippen molar-refractivity contribution in [3.8, 4) is 0 Å². The molecular formula is C9H8N. The molecule has 1 aromatic carbocycles. The first-order chi connectivity index (χ1) is 4.97. The van der Waals surface area contributed by atoms with Crippen LogP contribution in [0.5, 0.6) is 0 Å². The molecule has 10 heavy (non-hydrogen) atoms. The van der Waals surface area contributed by atoms with Crippen molar-refractivity contribution in [1.29, 1.82) is 0 Å². The molecule has 0 unspecified atom stereocenters. The summed E-state index contributed by atoms with van der Waals surface area (Å²) in [5.74, 6) is 0. The highest BCUT2D eigenvalue weighted by Gasteiger charge is 2.07. The minimum absolute atomic E-state index is 0.900. The number of rotatable bonds is 0. The zero-order valence-corrected chi connectivity index (χ0v) is 5.67. The summed E-state index contributed by atoms with van der Waals surface area (Å²) in [5.41, 5.74) is 2.25. The zero-order chi connectivity index (χ0) is 6.81. The van der Waals surface area contributed by atoms with Crippen molar-refractivity contribution in [2.45, 2.75) is 6.42 Å². The van der Waals surface area contributed by atoms with E-state index in [-0.39, 0.29) is 0 Å². The standard InChI is InChI=1S/C9H8N/c1-2-6-9-8(4-1)5-3-7-10-9/h1-2,4,6H,3,7H2. The van der Waals surface area contributed by atoms with E-state index in [9.17, 15) is 0 Å². The van der Waals surface area contributed by atoms with Crippen LogP contribution >= 0.6 is 0 Å². The Bertz CT molecular complexity index is 205. The predicted octanol–water partition coefficient (Wildman–Crippen LogP) is 1.76. The summed E-state index contributed by atoms with van der Waals surface area (Å²) in [6.45, 7) is 0.900. The van der Waals surface area contributed by atoms with Gasteiger partial charge in [-0.1, -0.05) is 18.2 Å². The van der Waals surface area contributed by atoms with Gasteiger partial charge in [-0.25, -0.2) is 0 Å². The molecule has 0 aliphatic carbocycles. The first kappa shape index (κ1) is 5.78. The maximum Gasteiger partial charge on any atom is 0.0612 e. The van der Waals surface area contributed by atoms with Gasteiger partial charge in [0.2, 0.25) is 0 Å². The van der Waals surface area contributed by atoms with E-state index in [0.29, 0.717) is 0 Å². The summed E-state index contributed by atoms with van der Waals surface area (Å²) >= 11 is 0. The Kier molecular flexibility index (Phi) is 1.35. The van der Waals surface area contributed by atoms with Gasteiger partial charge in [0.25, 0.3) is 0 Å². The smallest absolute Gasteiger partial charge is 0.0612 e. The highest BCUT2D eigenvalue weighted by Crippen LogP contribution is 2.21. The fraction of sp³-hybridized carbons (Fsp3) is 0.222. The molecule has 0 N–H and O–H groups in total. The van der Waals surface area contributed by atoms with Gasteiger partial charge in [0.05, 0.1) is 5.69 Å². The lowest BCUT2D eigenvalue weighted by atomic mass is 10.0. The first-order valence-corrected chi connectivity index (χ1v) is 3.47. The molecule has 0 aromatic heterocycles. The minimum atomic E-state index is 0.900. The lowest BCUT2D eigenvalue weighted by Crippen LogP contribution is -2.08. The molecule has 0 amide bonds. The Morgan fingerprint density at radius 3 is 3.10 bits per heavy atom. The number of para-hydroxylation sites is 1. The summed E-state index contributed by atoms with van der Waals surface area (Å²) in [7, 11) is 0. The van der Waals surface area contributed by atoms with Crippen molar-refractivity contribution in [2.24, 2.45) is 0 Å². The Labute approximate surface area is 61.1 Å². The van der Waals surface area contributed by atoms with Crippen molar-refractivity contribution in [3.63, 3.8) is 0 Å². The third-order valence-corrected chi connectivity index (χ3v) is 1.61. The van der Waals surface area contributed by atoms with E-state index < -0.39 is 0 Å². The Balaban J connectivity index is 2.41. The largest absolute Gasteiger partial charge is 0.285 e. The molecule has 1 aliphatic rings. The molecule has 3 radical (unpaired) electrons. The normalized spacial score (nSPS) is 15.6. The third-order valence-electron chi connectivity index (χ3n) is 1.61. The van der Waals surface area contributed by atoms with Gasteiger partial charge in [-0.3, -0.25) is 5.32 Å². The number of hydrogen-bond acceptors (Lipinski definition) is 0. The molecule has 1 aliphatic heterocycles. The second-order valence-corrected chi connectivity index (χ2v) is 2.33. The van der Waals surface area contributed by atoms with Gasteiger partial charge in [0, 0.05) is 13.0 Å². The molecule has 1 nitrogen and oxygen atoms in total. The van der Waals surface area contributed by atoms with Crippen LogP contribution in [0, 0.1) is 6.42 Å². The SMILES string of the molecule is [C]1CC[N]c2ccccc21. The van der Waals surface area contributed by atoms with Crippen LogP contribution in [0.4, 0.5) is 5.69 Å². The molecule has 49 valence electrons. The number of benzene rings is 1. The number of fused-ring (bicyclic) bond motifs is 1. The minimum Gasteiger partial charge on any atom is -0.285 e. The van der Waals surface area contributed by atoms with Crippen molar-refractivity contribution in [2.75, 3.05) is 6.54 Å². The average molecular weight is 130 g/mol. The summed E-state index contributed by atoms with van der Waals surface area (Å²) < 4.78 is 0. The van der Waals surface area contributed by atoms with E-state index >= 15 is 0 Å². The quantitative estimate of drug-likeness (QED) is 0.508. The van der Waals surface area contributed by atoms with Crippen LogP contribution in [0.2, 0.25) is 0 Å². The fourth-order valence-corrected chi connectivity index (χ4v) is 1.13. The van der Waals surface area contributed by atoms with Gasteiger partial charge in [-0.05, 0) is 18.1 Å². The van der Waals surface area contributed by atoms with Crippen molar-refractivity contribution in [3.05, 3.63) is 36.2 Å². The van der Waals surface area contributed by atoms with Crippen LogP contribution in [0.1, 0.15) is 12.0 Å². The van der Waals surface area contributed by atoms with Crippen LogP contribution in [0.25, 0.3) is 0 Å². The van der Waals surface area contributed by atoms with Crippen molar-refractivity contribution >= 4 is 5.69 Å². The third kappa shape index (κ3) is 0.878. The molecule has 0 saturated carbocycles. The van der Waals surface area contributed by atoms with E-state index in [2.05, 4.69) is 17.8 Å². The van der Waals surface area contributed by atoms with Crippen LogP contribution in [-0.4, -0.2) is 6.54 Å². The van der Waals surface area contributed by atoms with Crippen molar-refractivity contribution in [1.82, 2.24) is 5.32 Å². The van der Waals surface area contributed by atoms with Gasteiger partial charge in [-0.15, -0.1) is 0 Å². The fourth-order valence-electron chi connectivity index (χ4n) is 1.13. The summed E-state index contributed by atoms with van der Waals surface area (Å²) in [4.78, 5) is 0. The van der Waals surface area contributed by atoms with E-state index in [1.165, 1.54) is 0 Å². The second-order valence-electron chi connectivity index (χ2n) is 2.33. The molecule has 1 heteroatoms. The lowest BCUT2D eigenvalue weighted by molar-refractivity contribution is 0.787. The van der Waals surface area contributed by atoms with Gasteiger partial charge in [-0.2, -0.15) is 0 Å². The predicted molar refractivity (Wildman–Crippen MR) is 40.1 cm³/mol. The molecule has 1 aromatic rings. The van der Waals surface area contributed by atoms with Gasteiger partial charge < -0.3 is 0 Å². The summed E-state index contributed by atoms with van der Waals surface area (Å²) in [6, 6.07) is 8.11. The van der Waals surface area contributed by atoms with Gasteiger partial charge in [0.15, 0.2) is 0 Å². The molecule has 1 heterocycles. The number of hydrogen-bond donors (Lipinski definition) is 0. The highest BCUT2D eigenvalue weighted by molar-refractivity contribution is 5.50. The monoisotopic (exact) mass is 130 g/mol. The van der Waals surface area contributed by atoms with E-state index in [1.54, 1.807) is 0 Å². The molecule has 0 atom stereocenters. The highest BCUT2D eigenvalue weighted by atomic mass is 14.9. The zero-order valence-electron chi connectivity index (χ0n) is 5.67. The first-order valence-electron chi connectivity index (χ1n) is 3.47. The van der Waals surface area contributed by atoms with Crippen molar-refractivity contribution < 1.29 is 0 Å². The van der Waals surface area contributed by atoms with Crippen LogP contribution < -0.4 is 5.32 Å². The lowest BCUT2D eigenvalue weighted by Gasteiger charge is -2.13. The van der Waals surface area contributed by atoms with E-state index in [1.807, 2.05) is 18.2 Å². The molecule has 0 saturated heterocycles. The molecule has 2 rings (SSSR count). The maximum absolute atomic E-state index is 4.33. The molecule has 0 spiro atoms. The Hall–Kier alpha value is -0.980. The summed E-state index contributed by atoms with van der Waals surface area (Å²) in [6.07, 6.45) is 4.24. The van der Waals surface area contributed by atoms with Gasteiger partial charge in [0.1, 0.15) is 0 Å². The van der Waals surface area contributed by atoms with E-state index in [0.717, 1.165) is 24.2 Å². The maximum atomic E-state index is 4.33. The molecule has 0 fully saturated rings. The van der Waals surface area contributed by atoms with E-state index in [4.69, 9.17) is 0 Å². The van der Waals surface area contributed by atoms with Crippen LogP contribution in [-0.2, 0) is 0 Å². The van der Waals surface area contributed by atoms with Crippen LogP contribution in [0.3, 0.4) is 0 Å².